The summed E-state index contributed by atoms with van der Waals surface area (Å²) in [6.07, 6.45) is 1.82. The normalized spacial score (nSPS) is 14.7. The Bertz CT molecular complexity index is 1130. The van der Waals surface area contributed by atoms with Crippen molar-refractivity contribution in [1.29, 1.82) is 0 Å². The highest BCUT2D eigenvalue weighted by atomic mass is 16.5. The average Bonchev–Trinajstić information content (AvgIpc) is 3.32. The third-order valence-corrected chi connectivity index (χ3v) is 4.89. The van der Waals surface area contributed by atoms with Gasteiger partial charge in [0.05, 0.1) is 53.7 Å². The molecule has 2 aromatic heterocycles. The number of H-pyrrole nitrogens is 1. The van der Waals surface area contributed by atoms with E-state index in [4.69, 9.17) is 9.84 Å². The second-order valence-electron chi connectivity index (χ2n) is 6.95. The highest BCUT2D eigenvalue weighted by Gasteiger charge is 2.13. The molecule has 0 spiro atoms. The van der Waals surface area contributed by atoms with Crippen molar-refractivity contribution in [1.82, 2.24) is 24.4 Å². The number of nitrogens with one attached hydrogen (secondary N) is 1. The molecule has 29 heavy (non-hydrogen) atoms. The molecule has 0 bridgehead atoms. The molecule has 0 radical (unpaired) electrons. The van der Waals surface area contributed by atoms with Crippen molar-refractivity contribution in [2.24, 2.45) is 7.05 Å². The highest BCUT2D eigenvalue weighted by molar-refractivity contribution is 5.92. The maximum Gasteiger partial charge on any atom is 0.335 e. The number of nitrogens with zero attached hydrogens (tertiary/aromatic N) is 4. The van der Waals surface area contributed by atoms with Crippen LogP contribution in [0.4, 0.5) is 0 Å². The first-order valence-electron chi connectivity index (χ1n) is 9.48. The summed E-state index contributed by atoms with van der Waals surface area (Å²) < 4.78 is 7.31. The lowest BCUT2D eigenvalue weighted by atomic mass is 10.2. The van der Waals surface area contributed by atoms with Crippen LogP contribution >= 0.6 is 0 Å². The third kappa shape index (κ3) is 4.44. The molecule has 0 saturated carbocycles. The first-order chi connectivity index (χ1) is 14.1. The van der Waals surface area contributed by atoms with E-state index >= 15 is 0 Å². The van der Waals surface area contributed by atoms with Crippen molar-refractivity contribution in [3.63, 3.8) is 0 Å². The van der Waals surface area contributed by atoms with Crippen molar-refractivity contribution in [3.8, 4) is 0 Å². The lowest BCUT2D eigenvalue weighted by molar-refractivity contribution is 0.0332. The van der Waals surface area contributed by atoms with Gasteiger partial charge in [0.25, 0.3) is 0 Å². The molecule has 0 atom stereocenters. The summed E-state index contributed by atoms with van der Waals surface area (Å²) in [6, 6.07) is 13.0. The second kappa shape index (κ2) is 8.42. The van der Waals surface area contributed by atoms with E-state index in [1.807, 2.05) is 36.1 Å². The summed E-state index contributed by atoms with van der Waals surface area (Å²) >= 11 is 0. The Labute approximate surface area is 167 Å². The van der Waals surface area contributed by atoms with Gasteiger partial charge in [-0.25, -0.2) is 14.8 Å². The molecular formula is C21H23N5O3. The summed E-state index contributed by atoms with van der Waals surface area (Å²) in [4.78, 5) is 25.0. The Hall–Kier alpha value is -3.23. The molecule has 0 aliphatic carbocycles. The fourth-order valence-electron chi connectivity index (χ4n) is 3.32. The first kappa shape index (κ1) is 19.1. The fourth-order valence-corrected chi connectivity index (χ4v) is 3.32. The van der Waals surface area contributed by atoms with Crippen molar-refractivity contribution >= 4 is 28.0 Å². The minimum Gasteiger partial charge on any atom is -0.478 e. The Kier molecular flexibility index (Phi) is 5.55. The number of benzene rings is 2. The number of aryl methyl sites for hydroxylation is 1. The van der Waals surface area contributed by atoms with Gasteiger partial charge in [0.15, 0.2) is 0 Å². The number of hydrogen-bond acceptors (Lipinski definition) is 5. The number of carbonyl (C=O) groups is 1. The van der Waals surface area contributed by atoms with Crippen LogP contribution in [-0.4, -0.2) is 61.8 Å². The van der Waals surface area contributed by atoms with E-state index in [1.165, 1.54) is 5.52 Å². The van der Waals surface area contributed by atoms with Crippen LogP contribution in [0.1, 0.15) is 16.2 Å². The number of carboxylic acid groups (broad SMARTS) is 1. The Balaban J connectivity index is 0.000000171. The van der Waals surface area contributed by atoms with Gasteiger partial charge in [-0.15, -0.1) is 0 Å². The standard InChI is InChI=1S/C13H15N3O3.C8H8N2/c17-13(18)9-1-2-10-11(7-9)15-12(14-10)8-16-3-5-19-6-4-16;1-10-6-9-7-4-2-3-5-8(7)10/h1-2,7H,3-6,8H2,(H,14,15)(H,17,18);2-6H,1H3. The zero-order chi connectivity index (χ0) is 20.2. The van der Waals surface area contributed by atoms with Crippen LogP contribution in [0.15, 0.2) is 48.8 Å². The summed E-state index contributed by atoms with van der Waals surface area (Å²) in [6.45, 7) is 4.04. The summed E-state index contributed by atoms with van der Waals surface area (Å²) in [5.41, 5.74) is 4.07. The molecule has 5 rings (SSSR count). The topological polar surface area (TPSA) is 96.3 Å². The number of hydrogen-bond donors (Lipinski definition) is 2. The molecular weight excluding hydrogens is 370 g/mol. The number of aromatic carboxylic acids is 1. The number of imidazole rings is 2. The SMILES string of the molecule is Cn1cnc2ccccc21.O=C(O)c1ccc2[nH]c(CN3CCOCC3)nc2c1. The van der Waals surface area contributed by atoms with E-state index in [2.05, 4.69) is 25.9 Å². The maximum absolute atomic E-state index is 10.9. The van der Waals surface area contributed by atoms with Crippen LogP contribution in [0.2, 0.25) is 0 Å². The molecule has 0 amide bonds. The van der Waals surface area contributed by atoms with Gasteiger partial charge in [-0.1, -0.05) is 12.1 Å². The van der Waals surface area contributed by atoms with Crippen LogP contribution < -0.4 is 0 Å². The predicted octanol–water partition coefficient (Wildman–Crippen LogP) is 2.67. The first-order valence-corrected chi connectivity index (χ1v) is 9.48. The van der Waals surface area contributed by atoms with Gasteiger partial charge in [-0.3, -0.25) is 4.90 Å². The monoisotopic (exact) mass is 393 g/mol. The number of morpholine rings is 1. The van der Waals surface area contributed by atoms with Crippen LogP contribution in [0, 0.1) is 0 Å². The number of aromatic nitrogens is 4. The number of carboxylic acids is 1. The van der Waals surface area contributed by atoms with E-state index in [1.54, 1.807) is 18.2 Å². The number of aromatic amines is 1. The lowest BCUT2D eigenvalue weighted by Gasteiger charge is -2.25. The zero-order valence-corrected chi connectivity index (χ0v) is 16.2. The third-order valence-electron chi connectivity index (χ3n) is 4.89. The average molecular weight is 393 g/mol. The maximum atomic E-state index is 10.9. The Morgan fingerprint density at radius 3 is 2.72 bits per heavy atom. The predicted molar refractivity (Wildman–Crippen MR) is 110 cm³/mol. The number of fused-ring (bicyclic) bond motifs is 2. The molecule has 150 valence electrons. The molecule has 0 unspecified atom stereocenters. The van der Waals surface area contributed by atoms with Gasteiger partial charge in [0, 0.05) is 20.1 Å². The Morgan fingerprint density at radius 2 is 1.97 bits per heavy atom. The molecule has 2 N–H and O–H groups in total. The summed E-state index contributed by atoms with van der Waals surface area (Å²) in [5.74, 6) is -0.0703. The van der Waals surface area contributed by atoms with Crippen LogP contribution in [0.25, 0.3) is 22.1 Å². The second-order valence-corrected chi connectivity index (χ2v) is 6.95. The molecule has 8 heteroatoms. The van der Waals surface area contributed by atoms with E-state index in [0.29, 0.717) is 5.52 Å². The van der Waals surface area contributed by atoms with Crippen molar-refractivity contribution in [2.45, 2.75) is 6.54 Å². The lowest BCUT2D eigenvalue weighted by Crippen LogP contribution is -2.35. The van der Waals surface area contributed by atoms with Crippen molar-refractivity contribution in [3.05, 3.63) is 60.2 Å². The van der Waals surface area contributed by atoms with Gasteiger partial charge in [-0.05, 0) is 30.3 Å². The number of ether oxygens (including phenoxy) is 1. The molecule has 1 aliphatic heterocycles. The molecule has 1 saturated heterocycles. The van der Waals surface area contributed by atoms with Gasteiger partial charge < -0.3 is 19.4 Å². The van der Waals surface area contributed by atoms with Crippen molar-refractivity contribution < 1.29 is 14.6 Å². The zero-order valence-electron chi connectivity index (χ0n) is 16.2. The van der Waals surface area contributed by atoms with E-state index in [0.717, 1.165) is 49.7 Å². The largest absolute Gasteiger partial charge is 0.478 e. The quantitative estimate of drug-likeness (QED) is 0.556. The fraction of sp³-hybridized carbons (Fsp3) is 0.286. The number of rotatable bonds is 3. The molecule has 3 heterocycles. The van der Waals surface area contributed by atoms with Crippen LogP contribution in [0.3, 0.4) is 0 Å². The van der Waals surface area contributed by atoms with Gasteiger partial charge in [-0.2, -0.15) is 0 Å². The minimum atomic E-state index is -0.931. The summed E-state index contributed by atoms with van der Waals surface area (Å²) in [5, 5.41) is 8.95. The minimum absolute atomic E-state index is 0.261. The van der Waals surface area contributed by atoms with Gasteiger partial charge in [0.2, 0.25) is 0 Å². The van der Waals surface area contributed by atoms with E-state index < -0.39 is 5.97 Å². The Morgan fingerprint density at radius 1 is 1.17 bits per heavy atom. The molecule has 1 fully saturated rings. The molecule has 4 aromatic rings. The molecule has 8 nitrogen and oxygen atoms in total. The van der Waals surface area contributed by atoms with Gasteiger partial charge in [0.1, 0.15) is 5.82 Å². The van der Waals surface area contributed by atoms with Crippen LogP contribution in [0.5, 0.6) is 0 Å². The molecule has 1 aliphatic rings. The summed E-state index contributed by atoms with van der Waals surface area (Å²) in [7, 11) is 2.00. The highest BCUT2D eigenvalue weighted by Crippen LogP contribution is 2.15. The smallest absolute Gasteiger partial charge is 0.335 e. The molecule has 2 aromatic carbocycles. The van der Waals surface area contributed by atoms with Crippen LogP contribution in [-0.2, 0) is 18.3 Å². The van der Waals surface area contributed by atoms with E-state index in [-0.39, 0.29) is 5.56 Å². The van der Waals surface area contributed by atoms with Gasteiger partial charge >= 0.3 is 5.97 Å². The number of para-hydroxylation sites is 2. The van der Waals surface area contributed by atoms with Crippen molar-refractivity contribution in [2.75, 3.05) is 26.3 Å². The van der Waals surface area contributed by atoms with E-state index in [9.17, 15) is 4.79 Å².